The molecule has 0 saturated carbocycles. The molecule has 6 heteroatoms. The molecule has 2 aromatic carbocycles. The van der Waals surface area contributed by atoms with E-state index in [-0.39, 0.29) is 22.6 Å². The number of phenols is 2. The fourth-order valence-corrected chi connectivity index (χ4v) is 3.08. The van der Waals surface area contributed by atoms with Crippen molar-refractivity contribution in [1.29, 1.82) is 0 Å². The van der Waals surface area contributed by atoms with E-state index >= 15 is 0 Å². The van der Waals surface area contributed by atoms with Crippen molar-refractivity contribution in [3.8, 4) is 22.6 Å². The van der Waals surface area contributed by atoms with Crippen molar-refractivity contribution in [2.45, 2.75) is 33.7 Å². The van der Waals surface area contributed by atoms with Crippen LogP contribution in [0, 0.1) is 13.8 Å². The van der Waals surface area contributed by atoms with E-state index in [4.69, 9.17) is 0 Å². The Balaban J connectivity index is 2.66. The molecule has 2 aromatic rings. The second kappa shape index (κ2) is 8.17. The van der Waals surface area contributed by atoms with Gasteiger partial charge in [-0.2, -0.15) is 0 Å². The van der Waals surface area contributed by atoms with Gasteiger partial charge in [-0.15, -0.1) is 0 Å². The number of esters is 1. The van der Waals surface area contributed by atoms with Crippen molar-refractivity contribution < 1.29 is 24.5 Å². The second-order valence-electron chi connectivity index (χ2n) is 6.86. The average Bonchev–Trinajstić information content (AvgIpc) is 2.60. The summed E-state index contributed by atoms with van der Waals surface area (Å²) in [4.78, 5) is 24.3. The van der Waals surface area contributed by atoms with Gasteiger partial charge in [-0.25, -0.2) is 4.79 Å². The Kier molecular flexibility index (Phi) is 6.13. The van der Waals surface area contributed by atoms with E-state index in [0.717, 1.165) is 16.7 Å². The number of benzene rings is 2. The van der Waals surface area contributed by atoms with Gasteiger partial charge < -0.3 is 20.3 Å². The van der Waals surface area contributed by atoms with Crippen LogP contribution in [0.1, 0.15) is 40.9 Å². The Morgan fingerprint density at radius 2 is 1.82 bits per heavy atom. The van der Waals surface area contributed by atoms with Crippen LogP contribution in [0.25, 0.3) is 16.7 Å². The Bertz CT molecular complexity index is 962. The lowest BCUT2D eigenvalue weighted by atomic mass is 9.90. The highest BCUT2D eigenvalue weighted by Gasteiger charge is 2.26. The van der Waals surface area contributed by atoms with E-state index in [1.54, 1.807) is 6.92 Å². The van der Waals surface area contributed by atoms with E-state index in [2.05, 4.69) is 16.6 Å². The number of carbonyl (C=O) groups excluding carboxylic acids is 2. The minimum atomic E-state index is -0.890. The van der Waals surface area contributed by atoms with Gasteiger partial charge in [0, 0.05) is 0 Å². The largest absolute Gasteiger partial charge is 0.507 e. The van der Waals surface area contributed by atoms with Crippen molar-refractivity contribution in [2.24, 2.45) is 0 Å². The smallest absolute Gasteiger partial charge is 0.328 e. The molecule has 1 atom stereocenters. The number of hydrogen-bond acceptors (Lipinski definition) is 5. The van der Waals surface area contributed by atoms with Crippen LogP contribution in [0.15, 0.2) is 30.8 Å². The standard InChI is InChI=1S/C22H25NO5/c1-11(2)15-8-7-12(3)9-16(15)19-17(24)10-13(4)18(20(19)25)21(26)23-14(5)22(27)28-6/h7-10,14,24-25H,1H2,2-6H3,(H,23,26)/t14-/m0/s1. The number of hydrogen-bond donors (Lipinski definition) is 3. The maximum absolute atomic E-state index is 12.7. The summed E-state index contributed by atoms with van der Waals surface area (Å²) in [5.74, 6) is -1.76. The maximum atomic E-state index is 12.7. The maximum Gasteiger partial charge on any atom is 0.328 e. The van der Waals surface area contributed by atoms with Crippen molar-refractivity contribution in [3.05, 3.63) is 53.1 Å². The van der Waals surface area contributed by atoms with Crippen LogP contribution in [0.5, 0.6) is 11.5 Å². The third-order valence-corrected chi connectivity index (χ3v) is 4.51. The van der Waals surface area contributed by atoms with Gasteiger partial charge in [0.2, 0.25) is 0 Å². The molecule has 0 fully saturated rings. The number of aromatic hydroxyl groups is 2. The predicted octanol–water partition coefficient (Wildman–Crippen LogP) is 3.71. The lowest BCUT2D eigenvalue weighted by Gasteiger charge is -2.19. The number of ether oxygens (including phenoxy) is 1. The third kappa shape index (κ3) is 4.01. The number of nitrogens with one attached hydrogen (secondary N) is 1. The number of rotatable bonds is 5. The molecule has 0 bridgehead atoms. The topological polar surface area (TPSA) is 95.9 Å². The summed E-state index contributed by atoms with van der Waals surface area (Å²) in [6, 6.07) is 6.09. The number of phenolic OH excluding ortho intramolecular Hbond substituents is 2. The zero-order valence-corrected chi connectivity index (χ0v) is 16.7. The summed E-state index contributed by atoms with van der Waals surface area (Å²) in [5, 5.41) is 24.0. The quantitative estimate of drug-likeness (QED) is 0.684. The summed E-state index contributed by atoms with van der Waals surface area (Å²) in [5.41, 5.74) is 3.48. The van der Waals surface area contributed by atoms with Gasteiger partial charge in [0.25, 0.3) is 5.91 Å². The van der Waals surface area contributed by atoms with Crippen LogP contribution in [0.2, 0.25) is 0 Å². The van der Waals surface area contributed by atoms with E-state index in [1.165, 1.54) is 20.1 Å². The summed E-state index contributed by atoms with van der Waals surface area (Å²) >= 11 is 0. The fraction of sp³-hybridized carbons (Fsp3) is 0.273. The highest BCUT2D eigenvalue weighted by Crippen LogP contribution is 2.44. The molecule has 0 spiro atoms. The van der Waals surface area contributed by atoms with E-state index in [9.17, 15) is 19.8 Å². The zero-order chi connectivity index (χ0) is 21.2. The summed E-state index contributed by atoms with van der Waals surface area (Å²) < 4.78 is 4.61. The summed E-state index contributed by atoms with van der Waals surface area (Å²) in [6.07, 6.45) is 0. The lowest BCUT2D eigenvalue weighted by molar-refractivity contribution is -0.142. The molecule has 0 heterocycles. The average molecular weight is 383 g/mol. The lowest BCUT2D eigenvalue weighted by Crippen LogP contribution is -2.39. The normalized spacial score (nSPS) is 11.6. The van der Waals surface area contributed by atoms with Gasteiger partial charge >= 0.3 is 5.97 Å². The first kappa shape index (κ1) is 21.0. The molecule has 1 amide bonds. The monoisotopic (exact) mass is 383 g/mol. The Labute approximate surface area is 164 Å². The van der Waals surface area contributed by atoms with Gasteiger partial charge in [-0.3, -0.25) is 4.79 Å². The summed E-state index contributed by atoms with van der Waals surface area (Å²) in [7, 11) is 1.23. The van der Waals surface area contributed by atoms with Crippen molar-refractivity contribution >= 4 is 17.4 Å². The molecule has 0 radical (unpaired) electrons. The molecule has 0 aliphatic rings. The second-order valence-corrected chi connectivity index (χ2v) is 6.86. The molecular weight excluding hydrogens is 358 g/mol. The Morgan fingerprint density at radius 1 is 1.18 bits per heavy atom. The first-order chi connectivity index (χ1) is 13.1. The minimum Gasteiger partial charge on any atom is -0.507 e. The highest BCUT2D eigenvalue weighted by molar-refractivity contribution is 6.03. The van der Waals surface area contributed by atoms with Crippen LogP contribution < -0.4 is 5.32 Å². The predicted molar refractivity (Wildman–Crippen MR) is 108 cm³/mol. The molecule has 2 rings (SSSR count). The molecule has 28 heavy (non-hydrogen) atoms. The van der Waals surface area contributed by atoms with Crippen molar-refractivity contribution in [3.63, 3.8) is 0 Å². The van der Waals surface area contributed by atoms with Gasteiger partial charge in [-0.05, 0) is 50.5 Å². The van der Waals surface area contributed by atoms with E-state index in [0.29, 0.717) is 11.1 Å². The number of allylic oxidation sites excluding steroid dienone is 1. The molecule has 6 nitrogen and oxygen atoms in total. The number of methoxy groups -OCH3 is 1. The first-order valence-electron chi connectivity index (χ1n) is 8.79. The third-order valence-electron chi connectivity index (χ3n) is 4.51. The highest BCUT2D eigenvalue weighted by atomic mass is 16.5. The van der Waals surface area contributed by atoms with Gasteiger partial charge in [0.15, 0.2) is 0 Å². The zero-order valence-electron chi connectivity index (χ0n) is 16.7. The van der Waals surface area contributed by atoms with Crippen LogP contribution in [0.4, 0.5) is 0 Å². The fourth-order valence-electron chi connectivity index (χ4n) is 3.08. The van der Waals surface area contributed by atoms with E-state index in [1.807, 2.05) is 32.0 Å². The first-order valence-corrected chi connectivity index (χ1v) is 8.79. The van der Waals surface area contributed by atoms with Gasteiger partial charge in [0.05, 0.1) is 18.2 Å². The minimum absolute atomic E-state index is 0.0160. The molecule has 0 aliphatic carbocycles. The molecular formula is C22H25NO5. The van der Waals surface area contributed by atoms with Crippen LogP contribution in [-0.4, -0.2) is 35.2 Å². The SMILES string of the molecule is C=C(C)c1ccc(C)cc1-c1c(O)cc(C)c(C(=O)N[C@@H](C)C(=O)OC)c1O. The van der Waals surface area contributed by atoms with Crippen LogP contribution in [0.3, 0.4) is 0 Å². The van der Waals surface area contributed by atoms with Crippen molar-refractivity contribution in [2.75, 3.05) is 7.11 Å². The van der Waals surface area contributed by atoms with Gasteiger partial charge in [0.1, 0.15) is 17.5 Å². The van der Waals surface area contributed by atoms with Crippen LogP contribution >= 0.6 is 0 Å². The van der Waals surface area contributed by atoms with E-state index < -0.39 is 17.9 Å². The number of carbonyl (C=O) groups is 2. The summed E-state index contributed by atoms with van der Waals surface area (Å²) in [6.45, 7) is 10.7. The molecule has 148 valence electrons. The Hall–Kier alpha value is -3.28. The number of amides is 1. The molecule has 3 N–H and O–H groups in total. The number of aryl methyl sites for hydroxylation is 2. The molecule has 0 saturated heterocycles. The van der Waals surface area contributed by atoms with Gasteiger partial charge in [-0.1, -0.05) is 35.9 Å². The Morgan fingerprint density at radius 3 is 2.39 bits per heavy atom. The molecule has 0 aromatic heterocycles. The molecule has 0 aliphatic heterocycles. The molecule has 0 unspecified atom stereocenters. The van der Waals surface area contributed by atoms with Crippen LogP contribution in [-0.2, 0) is 9.53 Å². The van der Waals surface area contributed by atoms with Crippen molar-refractivity contribution in [1.82, 2.24) is 5.32 Å².